The summed E-state index contributed by atoms with van der Waals surface area (Å²) in [4.78, 5) is 5.27. The molecule has 1 N–H and O–H groups in total. The predicted octanol–water partition coefficient (Wildman–Crippen LogP) is 3.97. The van der Waals surface area contributed by atoms with Crippen LogP contribution in [0, 0.1) is 12.7 Å². The van der Waals surface area contributed by atoms with E-state index in [0.29, 0.717) is 12.2 Å². The summed E-state index contributed by atoms with van der Waals surface area (Å²) in [6, 6.07) is 4.84. The maximum atomic E-state index is 13.4. The smallest absolute Gasteiger partial charge is 0.146 e. The second kappa shape index (κ2) is 4.93. The molecule has 0 fully saturated rings. The summed E-state index contributed by atoms with van der Waals surface area (Å²) < 4.78 is 14.3. The van der Waals surface area contributed by atoms with E-state index in [0.717, 1.165) is 15.0 Å². The fourth-order valence-electron chi connectivity index (χ4n) is 1.30. The zero-order valence-corrected chi connectivity index (χ0v) is 11.0. The predicted molar refractivity (Wildman–Crippen MR) is 68.3 cm³/mol. The monoisotopic (exact) mass is 300 g/mol. The van der Waals surface area contributed by atoms with Crippen LogP contribution in [0.25, 0.3) is 0 Å². The Morgan fingerprint density at radius 3 is 3.00 bits per heavy atom. The molecule has 0 amide bonds. The van der Waals surface area contributed by atoms with Gasteiger partial charge in [-0.25, -0.2) is 9.37 Å². The van der Waals surface area contributed by atoms with Crippen LogP contribution in [0.3, 0.4) is 0 Å². The molecule has 5 heteroatoms. The Balaban J connectivity index is 2.10. The molecule has 1 aromatic heterocycles. The third-order valence-corrected chi connectivity index (χ3v) is 3.64. The lowest BCUT2D eigenvalue weighted by atomic mass is 10.3. The maximum Gasteiger partial charge on any atom is 0.146 e. The van der Waals surface area contributed by atoms with E-state index in [1.807, 2.05) is 6.92 Å². The van der Waals surface area contributed by atoms with Crippen LogP contribution in [0.2, 0.25) is 0 Å². The molecule has 0 aliphatic rings. The first-order valence-corrected chi connectivity index (χ1v) is 6.42. The van der Waals surface area contributed by atoms with Crippen LogP contribution in [-0.4, -0.2) is 4.98 Å². The van der Waals surface area contributed by atoms with Crippen LogP contribution in [0.5, 0.6) is 0 Å². The molecule has 0 atom stereocenters. The number of benzene rings is 1. The molecule has 1 aromatic carbocycles. The summed E-state index contributed by atoms with van der Waals surface area (Å²) in [6.07, 6.45) is 0. The molecule has 84 valence electrons. The number of anilines is 1. The lowest BCUT2D eigenvalue weighted by Crippen LogP contribution is -2.01. The third-order valence-electron chi connectivity index (χ3n) is 2.21. The number of aryl methyl sites for hydroxylation is 1. The van der Waals surface area contributed by atoms with Crippen LogP contribution in [-0.2, 0) is 6.54 Å². The minimum atomic E-state index is -0.245. The lowest BCUT2D eigenvalue weighted by Gasteiger charge is -2.07. The molecule has 16 heavy (non-hydrogen) atoms. The molecule has 0 aliphatic heterocycles. The second-order valence-corrected chi connectivity index (χ2v) is 5.19. The molecular weight excluding hydrogens is 291 g/mol. The Hall–Kier alpha value is -0.940. The van der Waals surface area contributed by atoms with Crippen LogP contribution in [0.1, 0.15) is 10.6 Å². The molecule has 0 saturated heterocycles. The first kappa shape index (κ1) is 11.5. The highest BCUT2D eigenvalue weighted by Gasteiger charge is 2.04. The number of nitrogens with zero attached hydrogens (tertiary/aromatic N) is 1. The maximum absolute atomic E-state index is 13.4. The van der Waals surface area contributed by atoms with E-state index < -0.39 is 0 Å². The standard InChI is InChI=1S/C11H10BrFN2S/c1-7-11(16-6-15-7)5-14-10-4-8(12)2-3-9(10)13/h2-4,6,14H,5H2,1H3. The summed E-state index contributed by atoms with van der Waals surface area (Å²) in [7, 11) is 0. The van der Waals surface area contributed by atoms with Crippen LogP contribution < -0.4 is 5.32 Å². The molecule has 0 spiro atoms. The van der Waals surface area contributed by atoms with Gasteiger partial charge >= 0.3 is 0 Å². The van der Waals surface area contributed by atoms with Gasteiger partial charge in [0.25, 0.3) is 0 Å². The zero-order valence-electron chi connectivity index (χ0n) is 8.63. The fourth-order valence-corrected chi connectivity index (χ4v) is 2.38. The van der Waals surface area contributed by atoms with Crippen molar-refractivity contribution in [1.82, 2.24) is 4.98 Å². The van der Waals surface area contributed by atoms with Gasteiger partial charge in [-0.05, 0) is 25.1 Å². The minimum absolute atomic E-state index is 0.245. The minimum Gasteiger partial charge on any atom is -0.378 e. The molecule has 2 rings (SSSR count). The van der Waals surface area contributed by atoms with Gasteiger partial charge in [-0.3, -0.25) is 0 Å². The van der Waals surface area contributed by atoms with Crippen molar-refractivity contribution in [2.24, 2.45) is 0 Å². The SMILES string of the molecule is Cc1ncsc1CNc1cc(Br)ccc1F. The van der Waals surface area contributed by atoms with Crippen molar-refractivity contribution in [1.29, 1.82) is 0 Å². The quantitative estimate of drug-likeness (QED) is 0.928. The molecule has 0 unspecified atom stereocenters. The number of thiazole rings is 1. The van der Waals surface area contributed by atoms with Crippen LogP contribution >= 0.6 is 27.3 Å². The highest BCUT2D eigenvalue weighted by atomic mass is 79.9. The van der Waals surface area contributed by atoms with Gasteiger partial charge in [0.2, 0.25) is 0 Å². The summed E-state index contributed by atoms with van der Waals surface area (Å²) >= 11 is 4.88. The third kappa shape index (κ3) is 2.59. The molecule has 0 aliphatic carbocycles. The highest BCUT2D eigenvalue weighted by Crippen LogP contribution is 2.21. The largest absolute Gasteiger partial charge is 0.378 e. The van der Waals surface area contributed by atoms with Crippen molar-refractivity contribution in [3.63, 3.8) is 0 Å². The van der Waals surface area contributed by atoms with E-state index in [4.69, 9.17) is 0 Å². The first-order valence-electron chi connectivity index (χ1n) is 4.74. The number of nitrogens with one attached hydrogen (secondary N) is 1. The Morgan fingerprint density at radius 2 is 2.31 bits per heavy atom. The van der Waals surface area contributed by atoms with Crippen molar-refractivity contribution in [3.8, 4) is 0 Å². The molecule has 1 heterocycles. The van der Waals surface area contributed by atoms with E-state index in [-0.39, 0.29) is 5.82 Å². The van der Waals surface area contributed by atoms with Gasteiger partial charge in [-0.1, -0.05) is 15.9 Å². The lowest BCUT2D eigenvalue weighted by molar-refractivity contribution is 0.630. The van der Waals surface area contributed by atoms with Crippen molar-refractivity contribution in [3.05, 3.63) is 44.6 Å². The Bertz CT molecular complexity index is 498. The van der Waals surface area contributed by atoms with Crippen molar-refractivity contribution in [2.45, 2.75) is 13.5 Å². The Morgan fingerprint density at radius 1 is 1.50 bits per heavy atom. The number of hydrogen-bond acceptors (Lipinski definition) is 3. The zero-order chi connectivity index (χ0) is 11.5. The van der Waals surface area contributed by atoms with E-state index in [1.54, 1.807) is 29.0 Å². The first-order chi connectivity index (χ1) is 7.66. The average molecular weight is 301 g/mol. The van der Waals surface area contributed by atoms with Gasteiger partial charge in [0.05, 0.1) is 23.4 Å². The van der Waals surface area contributed by atoms with E-state index in [9.17, 15) is 4.39 Å². The van der Waals surface area contributed by atoms with E-state index in [2.05, 4.69) is 26.2 Å². The van der Waals surface area contributed by atoms with Crippen LogP contribution in [0.15, 0.2) is 28.2 Å². The summed E-state index contributed by atoms with van der Waals surface area (Å²) in [5, 5.41) is 3.06. The fraction of sp³-hybridized carbons (Fsp3) is 0.182. The summed E-state index contributed by atoms with van der Waals surface area (Å²) in [6.45, 7) is 2.55. The molecule has 2 nitrogen and oxygen atoms in total. The molecule has 0 radical (unpaired) electrons. The number of aromatic nitrogens is 1. The summed E-state index contributed by atoms with van der Waals surface area (Å²) in [5.74, 6) is -0.245. The second-order valence-electron chi connectivity index (χ2n) is 3.34. The Labute approximate surface area is 106 Å². The van der Waals surface area contributed by atoms with Gasteiger partial charge in [0, 0.05) is 9.35 Å². The van der Waals surface area contributed by atoms with E-state index in [1.165, 1.54) is 6.07 Å². The van der Waals surface area contributed by atoms with Crippen LogP contribution in [0.4, 0.5) is 10.1 Å². The van der Waals surface area contributed by atoms with Crippen molar-refractivity contribution >= 4 is 33.0 Å². The Kier molecular flexibility index (Phi) is 3.56. The molecule has 0 saturated carbocycles. The van der Waals surface area contributed by atoms with Gasteiger partial charge < -0.3 is 5.32 Å². The highest BCUT2D eigenvalue weighted by molar-refractivity contribution is 9.10. The number of hydrogen-bond donors (Lipinski definition) is 1. The average Bonchev–Trinajstić information content (AvgIpc) is 2.66. The molecular formula is C11H10BrFN2S. The molecule has 2 aromatic rings. The molecule has 0 bridgehead atoms. The summed E-state index contributed by atoms with van der Waals surface area (Å²) in [5.41, 5.74) is 3.29. The van der Waals surface area contributed by atoms with Crippen molar-refractivity contribution in [2.75, 3.05) is 5.32 Å². The number of halogens is 2. The normalized spacial score (nSPS) is 10.4. The van der Waals surface area contributed by atoms with Gasteiger partial charge in [-0.15, -0.1) is 11.3 Å². The van der Waals surface area contributed by atoms with E-state index >= 15 is 0 Å². The topological polar surface area (TPSA) is 24.9 Å². The van der Waals surface area contributed by atoms with Gasteiger partial charge in [0.15, 0.2) is 0 Å². The number of rotatable bonds is 3. The van der Waals surface area contributed by atoms with Gasteiger partial charge in [-0.2, -0.15) is 0 Å². The van der Waals surface area contributed by atoms with Crippen molar-refractivity contribution < 1.29 is 4.39 Å². The van der Waals surface area contributed by atoms with Gasteiger partial charge in [0.1, 0.15) is 5.82 Å².